The molecule has 3 nitrogen and oxygen atoms in total. The van der Waals surface area contributed by atoms with Gasteiger partial charge in [0.05, 0.1) is 5.41 Å². The predicted octanol–water partition coefficient (Wildman–Crippen LogP) is 10.9. The second kappa shape index (κ2) is 12.3. The van der Waals surface area contributed by atoms with Crippen molar-refractivity contribution in [2.75, 3.05) is 0 Å². The molecule has 46 heavy (non-hydrogen) atoms. The minimum absolute atomic E-state index is 0. The molecule has 0 bridgehead atoms. The maximum atomic E-state index is 13.8. The molecule has 2 aromatic heterocycles. The smallest absolute Gasteiger partial charge is 0.497 e. The summed E-state index contributed by atoms with van der Waals surface area (Å²) in [6, 6.07) is 33.8. The van der Waals surface area contributed by atoms with Crippen LogP contribution in [0.5, 0.6) is 11.5 Å². The molecule has 3 heterocycles. The SMILES string of the molecule is Cc1cc(Oc2[c-]c(-c3ccccn3)ccc2)[c-]c(-c2nccc3c2Sc2cc(CC(C)(C)C(F)(F)F)cc4cccc-3c24)c1.[Pt+2]. The van der Waals surface area contributed by atoms with Crippen molar-refractivity contribution < 1.29 is 39.0 Å². The number of aromatic nitrogens is 2. The van der Waals surface area contributed by atoms with Crippen molar-refractivity contribution in [2.24, 2.45) is 5.41 Å². The van der Waals surface area contributed by atoms with Crippen LogP contribution >= 0.6 is 11.8 Å². The van der Waals surface area contributed by atoms with E-state index in [1.807, 2.05) is 85.8 Å². The molecular weight excluding hydrogens is 785 g/mol. The van der Waals surface area contributed by atoms with E-state index >= 15 is 0 Å². The van der Waals surface area contributed by atoms with Crippen LogP contribution in [0.3, 0.4) is 0 Å². The molecule has 0 N–H and O–H groups in total. The maximum absolute atomic E-state index is 13.8. The van der Waals surface area contributed by atoms with Gasteiger partial charge in [-0.3, -0.25) is 0 Å². The fourth-order valence-electron chi connectivity index (χ4n) is 5.69. The molecule has 7 rings (SSSR count). The molecule has 1 aliphatic rings. The number of fused-ring (bicyclic) bond motifs is 2. The topological polar surface area (TPSA) is 35.0 Å². The van der Waals surface area contributed by atoms with E-state index in [1.54, 1.807) is 24.2 Å². The molecule has 4 aromatic carbocycles. The van der Waals surface area contributed by atoms with Crippen molar-refractivity contribution in [3.63, 3.8) is 0 Å². The van der Waals surface area contributed by atoms with Gasteiger partial charge in [-0.1, -0.05) is 87.1 Å². The third-order valence-electron chi connectivity index (χ3n) is 7.99. The summed E-state index contributed by atoms with van der Waals surface area (Å²) in [6.45, 7) is 4.50. The normalized spacial score (nSPS) is 12.4. The average Bonchev–Trinajstić information content (AvgIpc) is 3.00. The second-order valence-electron chi connectivity index (χ2n) is 11.9. The third kappa shape index (κ3) is 6.11. The number of pyridine rings is 2. The van der Waals surface area contributed by atoms with Crippen molar-refractivity contribution in [3.8, 4) is 45.1 Å². The molecule has 0 fully saturated rings. The van der Waals surface area contributed by atoms with Crippen LogP contribution < -0.4 is 4.74 Å². The zero-order valence-corrected chi connectivity index (χ0v) is 28.2. The number of benzene rings is 4. The van der Waals surface area contributed by atoms with E-state index < -0.39 is 11.6 Å². The van der Waals surface area contributed by atoms with Crippen LogP contribution in [0.1, 0.15) is 25.0 Å². The van der Waals surface area contributed by atoms with E-state index in [2.05, 4.69) is 23.2 Å². The fraction of sp³-hybridized carbons (Fsp3) is 0.158. The zero-order chi connectivity index (χ0) is 31.3. The van der Waals surface area contributed by atoms with Crippen LogP contribution in [0.2, 0.25) is 0 Å². The molecule has 0 atom stereocenters. The first-order chi connectivity index (χ1) is 21.6. The summed E-state index contributed by atoms with van der Waals surface area (Å²) >= 11 is 1.54. The Hall–Kier alpha value is -3.93. The minimum atomic E-state index is -4.31. The van der Waals surface area contributed by atoms with E-state index in [-0.39, 0.29) is 27.5 Å². The maximum Gasteiger partial charge on any atom is 2.00 e. The predicted molar refractivity (Wildman–Crippen MR) is 172 cm³/mol. The zero-order valence-electron chi connectivity index (χ0n) is 25.1. The molecule has 0 unspecified atom stereocenters. The van der Waals surface area contributed by atoms with Gasteiger partial charge in [-0.15, -0.1) is 41.0 Å². The molecule has 1 aliphatic heterocycles. The summed E-state index contributed by atoms with van der Waals surface area (Å²) in [4.78, 5) is 11.0. The van der Waals surface area contributed by atoms with Gasteiger partial charge in [0.1, 0.15) is 0 Å². The van der Waals surface area contributed by atoms with Crippen LogP contribution in [-0.4, -0.2) is 16.1 Å². The molecule has 0 saturated carbocycles. The van der Waals surface area contributed by atoms with Crippen molar-refractivity contribution in [1.29, 1.82) is 0 Å². The van der Waals surface area contributed by atoms with Gasteiger partial charge in [-0.05, 0) is 52.4 Å². The van der Waals surface area contributed by atoms with E-state index in [4.69, 9.17) is 9.72 Å². The van der Waals surface area contributed by atoms with Crippen LogP contribution in [0.4, 0.5) is 13.2 Å². The molecular formula is C38H27F3N2OPtS. The first-order valence-corrected chi connectivity index (χ1v) is 15.3. The minimum Gasteiger partial charge on any atom is -0.497 e. The van der Waals surface area contributed by atoms with Gasteiger partial charge in [-0.2, -0.15) is 13.2 Å². The Morgan fingerprint density at radius 2 is 1.59 bits per heavy atom. The number of nitrogens with zero attached hydrogens (tertiary/aromatic N) is 2. The standard InChI is InChI=1S/C38H27F3N2OS.Pt/c1-23-16-27(21-29(17-23)44-28-10-6-8-25(20-28)32-12-4-5-14-42-32)35-36-31(13-15-43-35)30-11-7-9-26-18-24(19-33(45-36)34(26)30)22-37(2,3)38(39,40)41;/h4-19H,22H2,1-3H3;/q-2;+2. The summed E-state index contributed by atoms with van der Waals surface area (Å²) in [5, 5.41) is 1.97. The Balaban J connectivity index is 0.00000372. The van der Waals surface area contributed by atoms with Gasteiger partial charge in [0.15, 0.2) is 0 Å². The fourth-order valence-corrected chi connectivity index (χ4v) is 7.00. The van der Waals surface area contributed by atoms with Crippen molar-refractivity contribution in [1.82, 2.24) is 9.97 Å². The third-order valence-corrected chi connectivity index (χ3v) is 9.15. The summed E-state index contributed by atoms with van der Waals surface area (Å²) in [7, 11) is 0. The van der Waals surface area contributed by atoms with Crippen molar-refractivity contribution in [2.45, 2.75) is 43.2 Å². The van der Waals surface area contributed by atoms with Gasteiger partial charge >= 0.3 is 27.2 Å². The van der Waals surface area contributed by atoms with E-state index in [9.17, 15) is 13.2 Å². The number of hydrogen-bond acceptors (Lipinski definition) is 4. The quantitative estimate of drug-likeness (QED) is 0.157. The van der Waals surface area contributed by atoms with Gasteiger partial charge in [-0.25, -0.2) is 0 Å². The van der Waals surface area contributed by atoms with Gasteiger partial charge in [0.25, 0.3) is 0 Å². The molecule has 0 aliphatic carbocycles. The Bertz CT molecular complexity index is 2080. The Labute approximate surface area is 284 Å². The number of ether oxygens (including phenoxy) is 1. The van der Waals surface area contributed by atoms with Gasteiger partial charge < -0.3 is 14.7 Å². The van der Waals surface area contributed by atoms with Crippen LogP contribution in [0, 0.1) is 24.5 Å². The largest absolute Gasteiger partial charge is 2.00 e. The number of aryl methyl sites for hydroxylation is 1. The monoisotopic (exact) mass is 811 g/mol. The van der Waals surface area contributed by atoms with Crippen LogP contribution in [0.25, 0.3) is 44.4 Å². The first kappa shape index (κ1) is 32.0. The van der Waals surface area contributed by atoms with E-state index in [0.717, 1.165) is 59.8 Å². The Morgan fingerprint density at radius 3 is 2.37 bits per heavy atom. The summed E-state index contributed by atoms with van der Waals surface area (Å²) in [5.41, 5.74) is 4.96. The molecule has 0 radical (unpaired) electrons. The van der Waals surface area contributed by atoms with Crippen molar-refractivity contribution >= 4 is 22.5 Å². The molecule has 8 heteroatoms. The van der Waals surface area contributed by atoms with Gasteiger partial charge in [0.2, 0.25) is 0 Å². The molecule has 0 amide bonds. The molecule has 232 valence electrons. The van der Waals surface area contributed by atoms with Gasteiger partial charge in [0, 0.05) is 44.8 Å². The second-order valence-corrected chi connectivity index (χ2v) is 12.9. The molecule has 0 spiro atoms. The van der Waals surface area contributed by atoms with Crippen molar-refractivity contribution in [3.05, 3.63) is 121 Å². The first-order valence-electron chi connectivity index (χ1n) is 14.5. The Kier molecular flexibility index (Phi) is 8.60. The molecule has 0 saturated heterocycles. The summed E-state index contributed by atoms with van der Waals surface area (Å²) in [5.74, 6) is 1.07. The van der Waals surface area contributed by atoms with E-state index in [0.29, 0.717) is 17.1 Å². The number of alkyl halides is 3. The summed E-state index contributed by atoms with van der Waals surface area (Å²) < 4.78 is 47.6. The summed E-state index contributed by atoms with van der Waals surface area (Å²) in [6.07, 6.45) is -0.885. The number of hydrogen-bond donors (Lipinski definition) is 0. The van der Waals surface area contributed by atoms with Crippen LogP contribution in [-0.2, 0) is 27.5 Å². The van der Waals surface area contributed by atoms with E-state index in [1.165, 1.54) is 13.8 Å². The number of rotatable bonds is 6. The average molecular weight is 812 g/mol. The number of halogens is 3. The molecule has 6 aromatic rings. The Morgan fingerprint density at radius 1 is 0.783 bits per heavy atom. The van der Waals surface area contributed by atoms with Crippen LogP contribution in [0.15, 0.2) is 107 Å².